The van der Waals surface area contributed by atoms with Gasteiger partial charge in [0, 0.05) is 6.42 Å². The minimum Gasteiger partial charge on any atom is -0.465 e. The van der Waals surface area contributed by atoms with Gasteiger partial charge in [-0.15, -0.1) is 0 Å². The highest BCUT2D eigenvalue weighted by Crippen LogP contribution is 2.25. The van der Waals surface area contributed by atoms with E-state index in [1.165, 1.54) is 0 Å². The van der Waals surface area contributed by atoms with Crippen molar-refractivity contribution in [3.63, 3.8) is 0 Å². The molecule has 22 heavy (non-hydrogen) atoms. The van der Waals surface area contributed by atoms with Crippen molar-refractivity contribution in [1.29, 1.82) is 0 Å². The van der Waals surface area contributed by atoms with Crippen molar-refractivity contribution < 1.29 is 40.8 Å². The molecular formula is C12H20F2O7S. The minimum atomic E-state index is -5.67. The third-order valence-corrected chi connectivity index (χ3v) is 3.85. The van der Waals surface area contributed by atoms with E-state index in [0.29, 0.717) is 6.42 Å². The predicted octanol–water partition coefficient (Wildman–Crippen LogP) is 1.77. The molecule has 0 saturated heterocycles. The Labute approximate surface area is 127 Å². The number of hydrogen-bond acceptors (Lipinski definition) is 6. The molecule has 0 atom stereocenters. The molecule has 0 radical (unpaired) electrons. The first-order chi connectivity index (χ1) is 9.83. The number of alkyl halides is 2. The first-order valence-electron chi connectivity index (χ1n) is 6.51. The molecule has 0 spiro atoms. The molecule has 0 aliphatic carbocycles. The van der Waals surface area contributed by atoms with E-state index in [9.17, 15) is 26.8 Å². The number of carbonyl (C=O) groups is 2. The van der Waals surface area contributed by atoms with Gasteiger partial charge in [0.25, 0.3) is 0 Å². The predicted molar refractivity (Wildman–Crippen MR) is 71.7 cm³/mol. The van der Waals surface area contributed by atoms with E-state index in [-0.39, 0.29) is 19.6 Å². The van der Waals surface area contributed by atoms with Crippen LogP contribution in [0.2, 0.25) is 0 Å². The summed E-state index contributed by atoms with van der Waals surface area (Å²) >= 11 is 0. The lowest BCUT2D eigenvalue weighted by Crippen LogP contribution is -2.32. The maximum absolute atomic E-state index is 12.8. The second kappa shape index (κ2) is 7.82. The number of halogens is 2. The molecule has 1 N–H and O–H groups in total. The first-order valence-corrected chi connectivity index (χ1v) is 7.95. The largest absolute Gasteiger partial charge is 0.465 e. The van der Waals surface area contributed by atoms with Crippen molar-refractivity contribution in [3.05, 3.63) is 0 Å². The van der Waals surface area contributed by atoms with Gasteiger partial charge in [-0.3, -0.25) is 14.1 Å². The average molecular weight is 346 g/mol. The first kappa shape index (κ1) is 20.7. The molecule has 0 aromatic rings. The fraction of sp³-hybridized carbons (Fsp3) is 0.833. The highest BCUT2D eigenvalue weighted by atomic mass is 32.2. The van der Waals surface area contributed by atoms with E-state index in [1.54, 1.807) is 13.8 Å². The summed E-state index contributed by atoms with van der Waals surface area (Å²) in [6.07, 6.45) is -1.13. The van der Waals surface area contributed by atoms with E-state index in [2.05, 4.69) is 4.74 Å². The Morgan fingerprint density at radius 3 is 2.09 bits per heavy atom. The Hall–Kier alpha value is -1.29. The highest BCUT2D eigenvalue weighted by Gasteiger charge is 2.46. The van der Waals surface area contributed by atoms with Gasteiger partial charge >= 0.3 is 27.3 Å². The second-order valence-corrected chi connectivity index (χ2v) is 6.78. The lowest BCUT2D eigenvalue weighted by molar-refractivity contribution is -0.155. The minimum absolute atomic E-state index is 0.0652. The normalized spacial score (nSPS) is 12.8. The van der Waals surface area contributed by atoms with Crippen LogP contribution < -0.4 is 0 Å². The Balaban J connectivity index is 4.04. The summed E-state index contributed by atoms with van der Waals surface area (Å²) < 4.78 is 63.8. The zero-order valence-corrected chi connectivity index (χ0v) is 13.4. The zero-order chi connectivity index (χ0) is 17.6. The third kappa shape index (κ3) is 6.65. The van der Waals surface area contributed by atoms with E-state index in [4.69, 9.17) is 9.29 Å². The number of rotatable bonds is 9. The van der Waals surface area contributed by atoms with Gasteiger partial charge in [0.05, 0.1) is 18.6 Å². The molecule has 0 amide bonds. The summed E-state index contributed by atoms with van der Waals surface area (Å²) in [6.45, 7) is 4.84. The smallest absolute Gasteiger partial charge is 0.380 e. The van der Waals surface area contributed by atoms with Crippen LogP contribution in [0.5, 0.6) is 0 Å². The van der Waals surface area contributed by atoms with Crippen molar-refractivity contribution in [2.45, 2.75) is 45.3 Å². The number of hydrogen-bond donors (Lipinski definition) is 1. The van der Waals surface area contributed by atoms with E-state index in [0.717, 1.165) is 0 Å². The fourth-order valence-corrected chi connectivity index (χ4v) is 1.36. The summed E-state index contributed by atoms with van der Waals surface area (Å²) in [7, 11) is -5.67. The van der Waals surface area contributed by atoms with Crippen LogP contribution in [0.1, 0.15) is 40.0 Å². The molecule has 0 heterocycles. The zero-order valence-electron chi connectivity index (χ0n) is 12.6. The number of carbonyl (C=O) groups excluding carboxylic acids is 2. The Kier molecular flexibility index (Phi) is 7.36. The summed E-state index contributed by atoms with van der Waals surface area (Å²) in [5.41, 5.74) is -0.645. The van der Waals surface area contributed by atoms with Crippen LogP contribution in [0.25, 0.3) is 0 Å². The third-order valence-electron chi connectivity index (χ3n) is 2.95. The van der Waals surface area contributed by atoms with Gasteiger partial charge in [0.1, 0.15) is 6.42 Å². The Morgan fingerprint density at radius 2 is 1.64 bits per heavy atom. The molecule has 0 aromatic carbocycles. The van der Waals surface area contributed by atoms with Crippen LogP contribution >= 0.6 is 0 Å². The molecule has 130 valence electrons. The molecule has 0 aliphatic heterocycles. The number of esters is 2. The Morgan fingerprint density at radius 1 is 1.14 bits per heavy atom. The van der Waals surface area contributed by atoms with Crippen LogP contribution in [0, 0.1) is 5.41 Å². The van der Waals surface area contributed by atoms with Gasteiger partial charge < -0.3 is 9.47 Å². The van der Waals surface area contributed by atoms with Gasteiger partial charge in [0.2, 0.25) is 0 Å². The molecule has 0 aromatic heterocycles. The van der Waals surface area contributed by atoms with Crippen LogP contribution in [0.3, 0.4) is 0 Å². The quantitative estimate of drug-likeness (QED) is 0.385. The molecule has 0 rings (SSSR count). The molecular weight excluding hydrogens is 326 g/mol. The van der Waals surface area contributed by atoms with Crippen molar-refractivity contribution >= 4 is 22.1 Å². The van der Waals surface area contributed by atoms with Crippen LogP contribution in [-0.4, -0.2) is 43.4 Å². The van der Waals surface area contributed by atoms with Gasteiger partial charge in [-0.1, -0.05) is 6.92 Å². The summed E-state index contributed by atoms with van der Waals surface area (Å²) in [5.74, 6) is -1.91. The molecule has 0 bridgehead atoms. The van der Waals surface area contributed by atoms with Gasteiger partial charge in [0.15, 0.2) is 0 Å². The Bertz CT molecular complexity index is 500. The van der Waals surface area contributed by atoms with Crippen LogP contribution in [0.4, 0.5) is 8.78 Å². The molecule has 0 unspecified atom stereocenters. The van der Waals surface area contributed by atoms with E-state index >= 15 is 0 Å². The molecule has 0 saturated carbocycles. The lowest BCUT2D eigenvalue weighted by Gasteiger charge is -2.20. The van der Waals surface area contributed by atoms with Gasteiger partial charge in [-0.05, 0) is 20.3 Å². The van der Waals surface area contributed by atoms with Crippen molar-refractivity contribution in [2.24, 2.45) is 5.41 Å². The van der Waals surface area contributed by atoms with Crippen LogP contribution in [0.15, 0.2) is 0 Å². The van der Waals surface area contributed by atoms with E-state index in [1.807, 2.05) is 6.92 Å². The van der Waals surface area contributed by atoms with Gasteiger partial charge in [-0.25, -0.2) is 0 Å². The number of ether oxygens (including phenoxy) is 2. The van der Waals surface area contributed by atoms with E-state index < -0.39 is 39.1 Å². The SMILES string of the molecule is CCC(C)(C)C(=O)OCCCOC(=O)CC(F)(F)S(=O)(=O)O. The fourth-order valence-electron chi connectivity index (χ4n) is 1.06. The second-order valence-electron chi connectivity index (χ2n) is 5.24. The van der Waals surface area contributed by atoms with Crippen molar-refractivity contribution in [3.8, 4) is 0 Å². The maximum atomic E-state index is 12.8. The average Bonchev–Trinajstić information content (AvgIpc) is 2.36. The highest BCUT2D eigenvalue weighted by molar-refractivity contribution is 7.86. The monoisotopic (exact) mass is 346 g/mol. The standard InChI is InChI=1S/C12H20F2O7S/c1-4-11(2,3)10(16)21-7-5-6-20-9(15)8-12(13,14)22(17,18)19/h4-8H2,1-3H3,(H,17,18,19). The maximum Gasteiger partial charge on any atom is 0.380 e. The summed E-state index contributed by atoms with van der Waals surface area (Å²) in [4.78, 5) is 22.6. The summed E-state index contributed by atoms with van der Waals surface area (Å²) in [5, 5.41) is -4.60. The van der Waals surface area contributed by atoms with Crippen molar-refractivity contribution in [1.82, 2.24) is 0 Å². The topological polar surface area (TPSA) is 107 Å². The molecule has 10 heteroatoms. The lowest BCUT2D eigenvalue weighted by atomic mass is 9.91. The van der Waals surface area contributed by atoms with Crippen LogP contribution in [-0.2, 0) is 29.2 Å². The molecule has 0 aliphatic rings. The van der Waals surface area contributed by atoms with Gasteiger partial charge in [-0.2, -0.15) is 17.2 Å². The molecule has 7 nitrogen and oxygen atoms in total. The van der Waals surface area contributed by atoms with Crippen molar-refractivity contribution in [2.75, 3.05) is 13.2 Å². The molecule has 0 fully saturated rings. The summed E-state index contributed by atoms with van der Waals surface area (Å²) in [6, 6.07) is 0.